The van der Waals surface area contributed by atoms with Crippen LogP contribution in [-0.4, -0.2) is 37.5 Å². The van der Waals surface area contributed by atoms with Gasteiger partial charge in [0.2, 0.25) is 11.8 Å². The van der Waals surface area contributed by atoms with Gasteiger partial charge in [-0.1, -0.05) is 30.3 Å². The Bertz CT molecular complexity index is 818. The lowest BCUT2D eigenvalue weighted by molar-refractivity contribution is -0.128. The maximum atomic E-state index is 12.2. The SMILES string of the molecule is COc1ccc2ccccc2c1CCNC(=O)[C@@H]1CC(=O)NC(=O)N1. The summed E-state index contributed by atoms with van der Waals surface area (Å²) in [6, 6.07) is 10.4. The molecule has 2 aromatic carbocycles. The van der Waals surface area contributed by atoms with Crippen molar-refractivity contribution < 1.29 is 19.1 Å². The number of hydrogen-bond donors (Lipinski definition) is 3. The van der Waals surface area contributed by atoms with Gasteiger partial charge in [-0.2, -0.15) is 0 Å². The molecule has 0 aromatic heterocycles. The van der Waals surface area contributed by atoms with Gasteiger partial charge in [0.15, 0.2) is 0 Å². The van der Waals surface area contributed by atoms with E-state index >= 15 is 0 Å². The van der Waals surface area contributed by atoms with Crippen LogP contribution in [0.5, 0.6) is 5.75 Å². The number of ether oxygens (including phenoxy) is 1. The summed E-state index contributed by atoms with van der Waals surface area (Å²) in [7, 11) is 1.61. The van der Waals surface area contributed by atoms with E-state index in [1.165, 1.54) is 0 Å². The largest absolute Gasteiger partial charge is 0.496 e. The van der Waals surface area contributed by atoms with Crippen molar-refractivity contribution in [3.63, 3.8) is 0 Å². The molecule has 0 spiro atoms. The van der Waals surface area contributed by atoms with Gasteiger partial charge in [0, 0.05) is 12.1 Å². The maximum Gasteiger partial charge on any atom is 0.322 e. The van der Waals surface area contributed by atoms with Crippen molar-refractivity contribution in [3.8, 4) is 5.75 Å². The van der Waals surface area contributed by atoms with E-state index in [1.807, 2.05) is 36.4 Å². The summed E-state index contributed by atoms with van der Waals surface area (Å²) in [5, 5.41) is 9.47. The van der Waals surface area contributed by atoms with E-state index in [1.54, 1.807) is 7.11 Å². The molecule has 3 rings (SSSR count). The number of fused-ring (bicyclic) bond motifs is 1. The van der Waals surface area contributed by atoms with Crippen LogP contribution in [0.25, 0.3) is 10.8 Å². The van der Waals surface area contributed by atoms with E-state index in [9.17, 15) is 14.4 Å². The topological polar surface area (TPSA) is 96.5 Å². The number of methoxy groups -OCH3 is 1. The Morgan fingerprint density at radius 1 is 1.24 bits per heavy atom. The zero-order valence-electron chi connectivity index (χ0n) is 13.8. The van der Waals surface area contributed by atoms with Gasteiger partial charge in [-0.25, -0.2) is 4.79 Å². The van der Waals surface area contributed by atoms with Gasteiger partial charge in [0.05, 0.1) is 13.5 Å². The van der Waals surface area contributed by atoms with Gasteiger partial charge in [0.25, 0.3) is 0 Å². The Morgan fingerprint density at radius 3 is 2.80 bits per heavy atom. The molecule has 25 heavy (non-hydrogen) atoms. The van der Waals surface area contributed by atoms with Crippen LogP contribution in [0.15, 0.2) is 36.4 Å². The van der Waals surface area contributed by atoms with E-state index in [-0.39, 0.29) is 12.3 Å². The fourth-order valence-electron chi connectivity index (χ4n) is 2.97. The van der Waals surface area contributed by atoms with Crippen molar-refractivity contribution in [2.45, 2.75) is 18.9 Å². The van der Waals surface area contributed by atoms with Crippen molar-refractivity contribution in [3.05, 3.63) is 42.0 Å². The Labute approximate surface area is 144 Å². The molecule has 0 bridgehead atoms. The van der Waals surface area contributed by atoms with Crippen LogP contribution in [0.4, 0.5) is 4.79 Å². The molecule has 0 saturated carbocycles. The second-order valence-electron chi connectivity index (χ2n) is 5.79. The summed E-state index contributed by atoms with van der Waals surface area (Å²) in [6.07, 6.45) is 0.512. The zero-order valence-corrected chi connectivity index (χ0v) is 13.8. The first-order valence-electron chi connectivity index (χ1n) is 8.01. The summed E-state index contributed by atoms with van der Waals surface area (Å²) < 4.78 is 5.43. The number of nitrogens with one attached hydrogen (secondary N) is 3. The van der Waals surface area contributed by atoms with Crippen molar-refractivity contribution >= 4 is 28.6 Å². The normalized spacial score (nSPS) is 16.9. The third-order valence-corrected chi connectivity index (χ3v) is 4.16. The number of benzene rings is 2. The highest BCUT2D eigenvalue weighted by Gasteiger charge is 2.29. The molecular weight excluding hydrogens is 322 g/mol. The van der Waals surface area contributed by atoms with Gasteiger partial charge >= 0.3 is 6.03 Å². The number of carbonyl (C=O) groups excluding carboxylic acids is 3. The minimum atomic E-state index is -0.837. The van der Waals surface area contributed by atoms with E-state index in [4.69, 9.17) is 4.74 Å². The van der Waals surface area contributed by atoms with Crippen molar-refractivity contribution in [1.29, 1.82) is 0 Å². The van der Waals surface area contributed by atoms with Crippen LogP contribution in [0, 0.1) is 0 Å². The highest BCUT2D eigenvalue weighted by Crippen LogP contribution is 2.28. The van der Waals surface area contributed by atoms with Crippen LogP contribution < -0.4 is 20.7 Å². The number of amides is 4. The van der Waals surface area contributed by atoms with Crippen molar-refractivity contribution in [2.24, 2.45) is 0 Å². The predicted octanol–water partition coefficient (Wildman–Crippen LogP) is 1.11. The molecule has 7 heteroatoms. The number of carbonyl (C=O) groups is 3. The lowest BCUT2D eigenvalue weighted by Crippen LogP contribution is -2.57. The van der Waals surface area contributed by atoms with Crippen molar-refractivity contribution in [1.82, 2.24) is 16.0 Å². The Kier molecular flexibility index (Phi) is 4.83. The molecule has 2 aromatic rings. The number of rotatable bonds is 5. The highest BCUT2D eigenvalue weighted by molar-refractivity contribution is 6.02. The Hall–Kier alpha value is -3.09. The average molecular weight is 341 g/mol. The standard InChI is InChI=1S/C18H19N3O4/c1-25-15-7-6-11-4-2-3-5-12(11)13(15)8-9-19-17(23)14-10-16(22)21-18(24)20-14/h2-7,14H,8-10H2,1H3,(H,19,23)(H2,20,21,22,24)/t14-/m0/s1. The fourth-order valence-corrected chi connectivity index (χ4v) is 2.97. The molecular formula is C18H19N3O4. The van der Waals surface area contributed by atoms with Crippen molar-refractivity contribution in [2.75, 3.05) is 13.7 Å². The summed E-state index contributed by atoms with van der Waals surface area (Å²) >= 11 is 0. The van der Waals surface area contributed by atoms with Gasteiger partial charge in [-0.05, 0) is 23.3 Å². The van der Waals surface area contributed by atoms with Crippen LogP contribution in [0.1, 0.15) is 12.0 Å². The predicted molar refractivity (Wildman–Crippen MR) is 92.3 cm³/mol. The summed E-state index contributed by atoms with van der Waals surface area (Å²) in [5.41, 5.74) is 1.01. The second kappa shape index (κ2) is 7.21. The first-order chi connectivity index (χ1) is 12.1. The van der Waals surface area contributed by atoms with Gasteiger partial charge < -0.3 is 15.4 Å². The number of imide groups is 1. The lowest BCUT2D eigenvalue weighted by Gasteiger charge is -2.22. The summed E-state index contributed by atoms with van der Waals surface area (Å²) in [4.78, 5) is 34.8. The molecule has 0 radical (unpaired) electrons. The first-order valence-corrected chi connectivity index (χ1v) is 8.01. The second-order valence-corrected chi connectivity index (χ2v) is 5.79. The van der Waals surface area contributed by atoms with E-state index in [0.29, 0.717) is 13.0 Å². The molecule has 1 aliphatic heterocycles. The smallest absolute Gasteiger partial charge is 0.322 e. The van der Waals surface area contributed by atoms with E-state index < -0.39 is 18.0 Å². The van der Waals surface area contributed by atoms with Crippen LogP contribution in [-0.2, 0) is 16.0 Å². The molecule has 1 aliphatic rings. The third kappa shape index (κ3) is 3.71. The lowest BCUT2D eigenvalue weighted by atomic mass is 10.0. The van der Waals surface area contributed by atoms with Crippen LogP contribution >= 0.6 is 0 Å². The number of urea groups is 1. The van der Waals surface area contributed by atoms with E-state index in [2.05, 4.69) is 16.0 Å². The first kappa shape index (κ1) is 16.8. The summed E-state index contributed by atoms with van der Waals surface area (Å²) in [6.45, 7) is 0.372. The molecule has 1 heterocycles. The molecule has 0 aliphatic carbocycles. The minimum absolute atomic E-state index is 0.0604. The maximum absolute atomic E-state index is 12.2. The van der Waals surface area contributed by atoms with E-state index in [0.717, 1.165) is 22.1 Å². The Balaban J connectivity index is 1.67. The molecule has 1 fully saturated rings. The quantitative estimate of drug-likeness (QED) is 0.759. The molecule has 0 unspecified atom stereocenters. The molecule has 4 amide bonds. The monoisotopic (exact) mass is 341 g/mol. The molecule has 3 N–H and O–H groups in total. The van der Waals surface area contributed by atoms with Crippen LogP contribution in [0.2, 0.25) is 0 Å². The molecule has 7 nitrogen and oxygen atoms in total. The molecule has 1 atom stereocenters. The molecule has 1 saturated heterocycles. The minimum Gasteiger partial charge on any atom is -0.496 e. The highest BCUT2D eigenvalue weighted by atomic mass is 16.5. The molecule has 130 valence electrons. The number of hydrogen-bond acceptors (Lipinski definition) is 4. The Morgan fingerprint density at radius 2 is 2.04 bits per heavy atom. The van der Waals surface area contributed by atoms with Crippen LogP contribution in [0.3, 0.4) is 0 Å². The third-order valence-electron chi connectivity index (χ3n) is 4.16. The zero-order chi connectivity index (χ0) is 17.8. The van der Waals surface area contributed by atoms with Gasteiger partial charge in [0.1, 0.15) is 11.8 Å². The average Bonchev–Trinajstić information content (AvgIpc) is 2.60. The van der Waals surface area contributed by atoms with Gasteiger partial charge in [-0.15, -0.1) is 0 Å². The van der Waals surface area contributed by atoms with Gasteiger partial charge in [-0.3, -0.25) is 14.9 Å². The fraction of sp³-hybridized carbons (Fsp3) is 0.278. The summed E-state index contributed by atoms with van der Waals surface area (Å²) in [5.74, 6) is -0.0691.